The Morgan fingerprint density at radius 1 is 0.611 bits per heavy atom. The molecule has 4 nitrogen and oxygen atoms in total. The van der Waals surface area contributed by atoms with Crippen molar-refractivity contribution in [2.45, 2.75) is 64.2 Å². The third kappa shape index (κ3) is 21.4. The van der Waals surface area contributed by atoms with Crippen LogP contribution in [-0.4, -0.2) is 22.2 Å². The van der Waals surface area contributed by atoms with Crippen LogP contribution in [-0.2, 0) is 9.59 Å². The van der Waals surface area contributed by atoms with Crippen LogP contribution in [0.2, 0.25) is 0 Å². The first-order chi connectivity index (χ1) is 7.63. The van der Waals surface area contributed by atoms with Crippen LogP contribution >= 0.6 is 0 Å². The molecule has 0 radical (unpaired) electrons. The molecular formula is C12H24Li2O4. The average molecular weight is 246 g/mol. The maximum Gasteiger partial charge on any atom is 1.00 e. The van der Waals surface area contributed by atoms with Gasteiger partial charge in [0.1, 0.15) is 0 Å². The first-order valence-electron chi connectivity index (χ1n) is 6.06. The Kier molecular flexibility index (Phi) is 22.1. The first-order valence-corrected chi connectivity index (χ1v) is 6.06. The van der Waals surface area contributed by atoms with Crippen LogP contribution in [0.4, 0.5) is 0 Å². The molecular weight excluding hydrogens is 222 g/mol. The molecule has 0 aromatic rings. The van der Waals surface area contributed by atoms with Crippen LogP contribution in [0.3, 0.4) is 0 Å². The van der Waals surface area contributed by atoms with Crippen molar-refractivity contribution in [3.8, 4) is 0 Å². The Morgan fingerprint density at radius 2 is 0.833 bits per heavy atom. The van der Waals surface area contributed by atoms with E-state index in [1.807, 2.05) is 0 Å². The van der Waals surface area contributed by atoms with Crippen molar-refractivity contribution in [2.75, 3.05) is 0 Å². The van der Waals surface area contributed by atoms with Crippen LogP contribution < -0.4 is 37.7 Å². The predicted molar refractivity (Wildman–Crippen MR) is 63.7 cm³/mol. The maximum absolute atomic E-state index is 10.2. The molecule has 0 aliphatic heterocycles. The third-order valence-electron chi connectivity index (χ3n) is 2.53. The second-order valence-electron chi connectivity index (χ2n) is 4.12. The third-order valence-corrected chi connectivity index (χ3v) is 2.53. The molecule has 0 heterocycles. The van der Waals surface area contributed by atoms with Gasteiger partial charge in [0, 0.05) is 12.8 Å². The number of carboxylic acid groups (broad SMARTS) is 2. The summed E-state index contributed by atoms with van der Waals surface area (Å²) in [6.07, 6.45) is 8.51. The van der Waals surface area contributed by atoms with E-state index in [2.05, 4.69) is 0 Å². The summed E-state index contributed by atoms with van der Waals surface area (Å²) in [4.78, 5) is 20.4. The molecule has 2 N–H and O–H groups in total. The summed E-state index contributed by atoms with van der Waals surface area (Å²) in [7, 11) is 0. The molecule has 0 aromatic carbocycles. The zero-order valence-corrected chi connectivity index (χ0v) is 11.8. The monoisotopic (exact) mass is 246 g/mol. The van der Waals surface area contributed by atoms with E-state index in [1.54, 1.807) is 0 Å². The van der Waals surface area contributed by atoms with Crippen LogP contribution in [0.1, 0.15) is 67.1 Å². The SMILES string of the molecule is O=C(O)CCCCCCCCCCC(=O)O.[H-].[H-].[Li+].[Li+]. The number of carbonyl (C=O) groups is 2. The van der Waals surface area contributed by atoms with E-state index >= 15 is 0 Å². The molecule has 0 aromatic heterocycles. The van der Waals surface area contributed by atoms with Crippen molar-refractivity contribution in [1.29, 1.82) is 0 Å². The second kappa shape index (κ2) is 17.1. The minimum atomic E-state index is -0.714. The summed E-state index contributed by atoms with van der Waals surface area (Å²) in [6, 6.07) is 0. The van der Waals surface area contributed by atoms with Gasteiger partial charge >= 0.3 is 49.7 Å². The van der Waals surface area contributed by atoms with Gasteiger partial charge in [0.05, 0.1) is 0 Å². The summed E-state index contributed by atoms with van der Waals surface area (Å²) in [5.74, 6) is -1.43. The molecule has 0 bridgehead atoms. The zero-order valence-electron chi connectivity index (χ0n) is 13.8. The molecule has 6 heteroatoms. The van der Waals surface area contributed by atoms with E-state index in [4.69, 9.17) is 10.2 Å². The van der Waals surface area contributed by atoms with E-state index in [0.717, 1.165) is 51.4 Å². The summed E-state index contributed by atoms with van der Waals surface area (Å²) in [5, 5.41) is 16.8. The number of carboxylic acids is 2. The quantitative estimate of drug-likeness (QED) is 0.307. The van der Waals surface area contributed by atoms with Crippen molar-refractivity contribution >= 4 is 11.9 Å². The molecule has 0 rings (SSSR count). The Hall–Kier alpha value is 0.135. The van der Waals surface area contributed by atoms with Gasteiger partial charge in [-0.15, -0.1) is 0 Å². The molecule has 0 fully saturated rings. The Labute approximate surface area is 136 Å². The molecule has 0 atom stereocenters. The standard InChI is InChI=1S/C12H22O4.2Li.2H/c13-11(14)9-7-5-3-1-2-4-6-8-10-12(15)16;;;;/h1-10H2,(H,13,14)(H,15,16);;;;/q;2*+1;2*-1. The summed E-state index contributed by atoms with van der Waals surface area (Å²) >= 11 is 0. The molecule has 0 unspecified atom stereocenters. The fraction of sp³-hybridized carbons (Fsp3) is 0.833. The molecule has 98 valence electrons. The molecule has 0 saturated heterocycles. The Morgan fingerprint density at radius 3 is 1.06 bits per heavy atom. The number of hydrogen-bond donors (Lipinski definition) is 2. The van der Waals surface area contributed by atoms with Gasteiger partial charge in [0.2, 0.25) is 0 Å². The minimum Gasteiger partial charge on any atom is -1.00 e. The van der Waals surface area contributed by atoms with Crippen molar-refractivity contribution in [2.24, 2.45) is 0 Å². The van der Waals surface area contributed by atoms with Crippen molar-refractivity contribution < 1.29 is 60.4 Å². The smallest absolute Gasteiger partial charge is 1.00 e. The second-order valence-corrected chi connectivity index (χ2v) is 4.12. The molecule has 0 saturated carbocycles. The van der Waals surface area contributed by atoms with E-state index in [9.17, 15) is 9.59 Å². The van der Waals surface area contributed by atoms with Gasteiger partial charge in [0.25, 0.3) is 0 Å². The summed E-state index contributed by atoms with van der Waals surface area (Å²) < 4.78 is 0. The minimum absolute atomic E-state index is 0. The van der Waals surface area contributed by atoms with Crippen molar-refractivity contribution in [3.63, 3.8) is 0 Å². The number of rotatable bonds is 11. The number of hydrogen-bond acceptors (Lipinski definition) is 2. The Balaban J connectivity index is -0.000000187. The Bertz CT molecular complexity index is 198. The van der Waals surface area contributed by atoms with E-state index in [-0.39, 0.29) is 53.4 Å². The molecule has 18 heavy (non-hydrogen) atoms. The topological polar surface area (TPSA) is 74.6 Å². The van der Waals surface area contributed by atoms with Gasteiger partial charge in [-0.25, -0.2) is 0 Å². The van der Waals surface area contributed by atoms with Gasteiger partial charge in [0.15, 0.2) is 0 Å². The molecule has 0 amide bonds. The van der Waals surface area contributed by atoms with E-state index < -0.39 is 11.9 Å². The van der Waals surface area contributed by atoms with Gasteiger partial charge in [-0.1, -0.05) is 38.5 Å². The fourth-order valence-corrected chi connectivity index (χ4v) is 1.61. The zero-order chi connectivity index (χ0) is 12.2. The molecule has 0 aliphatic carbocycles. The summed E-state index contributed by atoms with van der Waals surface area (Å²) in [5.41, 5.74) is 0. The molecule has 0 spiro atoms. The normalized spacial score (nSPS) is 9.11. The predicted octanol–water partition coefficient (Wildman–Crippen LogP) is -2.71. The van der Waals surface area contributed by atoms with E-state index in [1.165, 1.54) is 0 Å². The van der Waals surface area contributed by atoms with Gasteiger partial charge in [-0.3, -0.25) is 9.59 Å². The van der Waals surface area contributed by atoms with E-state index in [0.29, 0.717) is 0 Å². The fourth-order valence-electron chi connectivity index (χ4n) is 1.61. The van der Waals surface area contributed by atoms with Crippen LogP contribution in [0.25, 0.3) is 0 Å². The van der Waals surface area contributed by atoms with Crippen LogP contribution in [0.5, 0.6) is 0 Å². The van der Waals surface area contributed by atoms with Gasteiger partial charge < -0.3 is 13.1 Å². The van der Waals surface area contributed by atoms with Gasteiger partial charge in [-0.2, -0.15) is 0 Å². The van der Waals surface area contributed by atoms with Crippen LogP contribution in [0.15, 0.2) is 0 Å². The first kappa shape index (κ1) is 23.2. The van der Waals surface area contributed by atoms with Crippen molar-refractivity contribution in [3.05, 3.63) is 0 Å². The van der Waals surface area contributed by atoms with Crippen LogP contribution in [0, 0.1) is 0 Å². The largest absolute Gasteiger partial charge is 1.00 e. The average Bonchev–Trinajstić information content (AvgIpc) is 2.20. The van der Waals surface area contributed by atoms with Gasteiger partial charge in [-0.05, 0) is 12.8 Å². The molecule has 0 aliphatic rings. The number of unbranched alkanes of at least 4 members (excludes halogenated alkanes) is 7. The summed E-state index contributed by atoms with van der Waals surface area (Å²) in [6.45, 7) is 0. The number of aliphatic carboxylic acids is 2. The van der Waals surface area contributed by atoms with Crippen molar-refractivity contribution in [1.82, 2.24) is 0 Å². The maximum atomic E-state index is 10.2.